The number of ether oxygens (including phenoxy) is 1. The molecule has 0 saturated carbocycles. The number of benzene rings is 1. The third-order valence-electron chi connectivity index (χ3n) is 5.49. The van der Waals surface area contributed by atoms with E-state index in [1.807, 2.05) is 32.9 Å². The number of nitrogens with zero attached hydrogens (tertiary/aromatic N) is 2. The molecular formula is C21H31N3O5. The molecule has 0 aliphatic carbocycles. The van der Waals surface area contributed by atoms with Crippen LogP contribution < -0.4 is 10.2 Å². The molecule has 0 radical (unpaired) electrons. The molecule has 29 heavy (non-hydrogen) atoms. The standard InChI is InChI=1S/C21H31N3O5/c1-20(2,3)29-19(27)23-11-9-14(10-12-23)24-16-8-6-5-7-15(16)21(28,18(24)26)13-17(25)22-4/h5-8,14,17,22,25,28H,9-13H2,1-4H3. The topological polar surface area (TPSA) is 102 Å². The predicted molar refractivity (Wildman–Crippen MR) is 108 cm³/mol. The van der Waals surface area contributed by atoms with Crippen LogP contribution in [0.15, 0.2) is 24.3 Å². The van der Waals surface area contributed by atoms with Crippen LogP contribution in [0.3, 0.4) is 0 Å². The summed E-state index contributed by atoms with van der Waals surface area (Å²) < 4.78 is 5.44. The Morgan fingerprint density at radius 3 is 2.52 bits per heavy atom. The van der Waals surface area contributed by atoms with Gasteiger partial charge < -0.3 is 24.7 Å². The average Bonchev–Trinajstić information content (AvgIpc) is 2.88. The maximum absolute atomic E-state index is 13.3. The van der Waals surface area contributed by atoms with E-state index in [1.165, 1.54) is 0 Å². The Labute approximate surface area is 171 Å². The van der Waals surface area contributed by atoms with Crippen molar-refractivity contribution in [3.8, 4) is 0 Å². The first kappa shape index (κ1) is 21.5. The van der Waals surface area contributed by atoms with E-state index in [4.69, 9.17) is 4.74 Å². The monoisotopic (exact) mass is 405 g/mol. The molecule has 8 heteroatoms. The number of carbonyl (C=O) groups excluding carboxylic acids is 2. The summed E-state index contributed by atoms with van der Waals surface area (Å²) in [7, 11) is 1.57. The quantitative estimate of drug-likeness (QED) is 0.657. The molecule has 1 aromatic rings. The van der Waals surface area contributed by atoms with Crippen molar-refractivity contribution in [1.29, 1.82) is 0 Å². The number of likely N-dealkylation sites (tertiary alicyclic amines) is 1. The highest BCUT2D eigenvalue weighted by atomic mass is 16.6. The molecule has 2 atom stereocenters. The van der Waals surface area contributed by atoms with Crippen molar-refractivity contribution in [2.75, 3.05) is 25.0 Å². The molecule has 3 N–H and O–H groups in total. The summed E-state index contributed by atoms with van der Waals surface area (Å²) in [5.41, 5.74) is -1.16. The van der Waals surface area contributed by atoms with E-state index in [1.54, 1.807) is 29.0 Å². The first-order chi connectivity index (χ1) is 13.6. The number of hydrogen-bond donors (Lipinski definition) is 3. The molecule has 8 nitrogen and oxygen atoms in total. The van der Waals surface area contributed by atoms with Crippen molar-refractivity contribution < 1.29 is 24.5 Å². The van der Waals surface area contributed by atoms with Crippen molar-refractivity contribution in [1.82, 2.24) is 10.2 Å². The number of rotatable bonds is 4. The maximum atomic E-state index is 13.3. The lowest BCUT2D eigenvalue weighted by Gasteiger charge is -2.38. The summed E-state index contributed by atoms with van der Waals surface area (Å²) in [6.07, 6.45) is -0.315. The predicted octanol–water partition coefficient (Wildman–Crippen LogP) is 1.55. The number of carbonyl (C=O) groups is 2. The number of amides is 2. The van der Waals surface area contributed by atoms with E-state index in [9.17, 15) is 19.8 Å². The maximum Gasteiger partial charge on any atom is 0.410 e. The first-order valence-electron chi connectivity index (χ1n) is 10.1. The highest BCUT2D eigenvalue weighted by molar-refractivity contribution is 6.07. The number of fused-ring (bicyclic) bond motifs is 1. The Balaban J connectivity index is 1.77. The fourth-order valence-electron chi connectivity index (χ4n) is 4.03. The second-order valence-electron chi connectivity index (χ2n) is 8.76. The molecule has 0 bridgehead atoms. The largest absolute Gasteiger partial charge is 0.444 e. The molecule has 160 valence electrons. The van der Waals surface area contributed by atoms with Crippen LogP contribution in [0.2, 0.25) is 0 Å². The first-order valence-corrected chi connectivity index (χ1v) is 10.1. The highest BCUT2D eigenvalue weighted by Crippen LogP contribution is 2.44. The summed E-state index contributed by atoms with van der Waals surface area (Å²) in [6.45, 7) is 6.44. The number of nitrogens with one attached hydrogen (secondary N) is 1. The van der Waals surface area contributed by atoms with E-state index in [-0.39, 0.29) is 18.6 Å². The average molecular weight is 405 g/mol. The van der Waals surface area contributed by atoms with Crippen LogP contribution >= 0.6 is 0 Å². The Morgan fingerprint density at radius 2 is 1.93 bits per heavy atom. The molecule has 3 rings (SSSR count). The van der Waals surface area contributed by atoms with Crippen molar-refractivity contribution >= 4 is 17.7 Å². The van der Waals surface area contributed by atoms with E-state index in [2.05, 4.69) is 5.32 Å². The fourth-order valence-corrected chi connectivity index (χ4v) is 4.03. The van der Waals surface area contributed by atoms with Gasteiger partial charge in [-0.3, -0.25) is 10.1 Å². The van der Waals surface area contributed by atoms with Gasteiger partial charge in [-0.25, -0.2) is 4.79 Å². The Bertz CT molecular complexity index is 770. The van der Waals surface area contributed by atoms with Crippen LogP contribution in [0.1, 0.15) is 45.6 Å². The minimum absolute atomic E-state index is 0.132. The van der Waals surface area contributed by atoms with Gasteiger partial charge in [-0.15, -0.1) is 0 Å². The Kier molecular flexibility index (Phi) is 5.89. The third kappa shape index (κ3) is 4.24. The molecule has 2 amide bonds. The minimum Gasteiger partial charge on any atom is -0.444 e. The van der Waals surface area contributed by atoms with E-state index in [0.717, 1.165) is 0 Å². The van der Waals surface area contributed by atoms with Crippen molar-refractivity contribution in [3.05, 3.63) is 29.8 Å². The lowest BCUT2D eigenvalue weighted by atomic mass is 9.91. The van der Waals surface area contributed by atoms with E-state index < -0.39 is 23.3 Å². The number of aliphatic hydroxyl groups is 2. The smallest absolute Gasteiger partial charge is 0.410 e. The summed E-state index contributed by atoms with van der Waals surface area (Å²) in [6, 6.07) is 7.01. The fraction of sp³-hybridized carbons (Fsp3) is 0.619. The lowest BCUT2D eigenvalue weighted by Crippen LogP contribution is -2.52. The van der Waals surface area contributed by atoms with Gasteiger partial charge in [0.1, 0.15) is 11.8 Å². The summed E-state index contributed by atoms with van der Waals surface area (Å²) in [5, 5.41) is 23.9. The van der Waals surface area contributed by atoms with Crippen LogP contribution in [0.4, 0.5) is 10.5 Å². The zero-order valence-corrected chi connectivity index (χ0v) is 17.5. The number of hydrogen-bond acceptors (Lipinski definition) is 6. The lowest BCUT2D eigenvalue weighted by molar-refractivity contribution is -0.140. The van der Waals surface area contributed by atoms with Crippen LogP contribution in [0, 0.1) is 0 Å². The zero-order valence-electron chi connectivity index (χ0n) is 17.5. The summed E-state index contributed by atoms with van der Waals surface area (Å²) >= 11 is 0. The zero-order chi connectivity index (χ0) is 21.4. The van der Waals surface area contributed by atoms with E-state index >= 15 is 0 Å². The van der Waals surface area contributed by atoms with Gasteiger partial charge in [0.05, 0.1) is 5.69 Å². The number of para-hydroxylation sites is 1. The highest BCUT2D eigenvalue weighted by Gasteiger charge is 2.52. The van der Waals surface area contributed by atoms with Gasteiger partial charge >= 0.3 is 6.09 Å². The van der Waals surface area contributed by atoms with Gasteiger partial charge in [0.25, 0.3) is 5.91 Å². The van der Waals surface area contributed by atoms with Crippen LogP contribution in [0.25, 0.3) is 0 Å². The van der Waals surface area contributed by atoms with Crippen molar-refractivity contribution in [2.24, 2.45) is 0 Å². The minimum atomic E-state index is -1.78. The van der Waals surface area contributed by atoms with Crippen molar-refractivity contribution in [3.63, 3.8) is 0 Å². The molecule has 2 heterocycles. The van der Waals surface area contributed by atoms with Gasteiger partial charge in [0, 0.05) is 31.1 Å². The Morgan fingerprint density at radius 1 is 1.31 bits per heavy atom. The van der Waals surface area contributed by atoms with Crippen LogP contribution in [0.5, 0.6) is 0 Å². The van der Waals surface area contributed by atoms with Crippen LogP contribution in [-0.2, 0) is 15.1 Å². The molecule has 1 fully saturated rings. The Hall–Kier alpha value is -2.16. The molecule has 1 aromatic carbocycles. The normalized spacial score (nSPS) is 23.9. The molecule has 0 spiro atoms. The molecule has 0 aromatic heterocycles. The van der Waals surface area contributed by atoms with Crippen LogP contribution in [-0.4, -0.2) is 65.1 Å². The SMILES string of the molecule is CNC(O)CC1(O)C(=O)N(C2CCN(C(=O)OC(C)(C)C)CC2)c2ccccc21. The van der Waals surface area contributed by atoms with Gasteiger partial charge in [0.2, 0.25) is 0 Å². The number of piperidine rings is 1. The van der Waals surface area contributed by atoms with Crippen molar-refractivity contribution in [2.45, 2.75) is 63.5 Å². The van der Waals surface area contributed by atoms with Gasteiger partial charge in [-0.1, -0.05) is 18.2 Å². The van der Waals surface area contributed by atoms with Gasteiger partial charge in [-0.05, 0) is 46.7 Å². The van der Waals surface area contributed by atoms with Gasteiger partial charge in [0.15, 0.2) is 5.60 Å². The molecule has 2 aliphatic heterocycles. The molecule has 1 saturated heterocycles. The second kappa shape index (κ2) is 7.93. The summed E-state index contributed by atoms with van der Waals surface area (Å²) in [4.78, 5) is 28.9. The summed E-state index contributed by atoms with van der Waals surface area (Å²) in [5.74, 6) is -0.427. The van der Waals surface area contributed by atoms with E-state index in [0.29, 0.717) is 37.2 Å². The van der Waals surface area contributed by atoms with Gasteiger partial charge in [-0.2, -0.15) is 0 Å². The molecule has 2 unspecified atom stereocenters. The number of anilines is 1. The number of aliphatic hydroxyl groups excluding tert-OH is 1. The second-order valence-corrected chi connectivity index (χ2v) is 8.76. The third-order valence-corrected chi connectivity index (χ3v) is 5.49. The molecule has 2 aliphatic rings. The molecular weight excluding hydrogens is 374 g/mol.